The monoisotopic (exact) mass is 284 g/mol. The van der Waals surface area contributed by atoms with Crippen LogP contribution in [-0.4, -0.2) is 22.2 Å². The first-order valence-corrected chi connectivity index (χ1v) is 6.83. The molecule has 0 aliphatic carbocycles. The molecule has 0 saturated carbocycles. The molecule has 1 aliphatic rings. The van der Waals surface area contributed by atoms with E-state index in [-0.39, 0.29) is 12.1 Å². The number of rotatable bonds is 3. The van der Waals surface area contributed by atoms with Crippen molar-refractivity contribution in [2.24, 2.45) is 5.73 Å². The highest BCUT2D eigenvalue weighted by Crippen LogP contribution is 2.11. The molecule has 0 saturated heterocycles. The molecule has 0 radical (unpaired) electrons. The Kier molecular flexibility index (Phi) is 3.53. The molecule has 21 heavy (non-hydrogen) atoms. The number of benzene rings is 1. The van der Waals surface area contributed by atoms with Crippen LogP contribution in [-0.2, 0) is 19.5 Å². The highest BCUT2D eigenvalue weighted by atomic mass is 16.1. The lowest BCUT2D eigenvalue weighted by Gasteiger charge is -2.17. The minimum atomic E-state index is -0.499. The van der Waals surface area contributed by atoms with Crippen LogP contribution in [0.3, 0.4) is 0 Å². The first kappa shape index (κ1) is 13.5. The molecule has 1 aromatic carbocycles. The van der Waals surface area contributed by atoms with Crippen LogP contribution in [0.2, 0.25) is 0 Å². The van der Waals surface area contributed by atoms with Crippen LogP contribution >= 0.6 is 0 Å². The molecule has 0 fully saturated rings. The molecule has 2 heterocycles. The zero-order valence-electron chi connectivity index (χ0n) is 11.5. The molecule has 0 spiro atoms. The maximum Gasteiger partial charge on any atom is 0.267 e. The fraction of sp³-hybridized carbons (Fsp3) is 0.267. The van der Waals surface area contributed by atoms with Gasteiger partial charge in [-0.15, -0.1) is 0 Å². The number of fused-ring (bicyclic) bond motifs is 1. The summed E-state index contributed by atoms with van der Waals surface area (Å²) in [5.41, 5.74) is 8.20. The summed E-state index contributed by atoms with van der Waals surface area (Å²) in [6.45, 7) is 1.78. The molecule has 0 atom stereocenters. The van der Waals surface area contributed by atoms with E-state index < -0.39 is 5.91 Å². The molecule has 6 nitrogen and oxygen atoms in total. The van der Waals surface area contributed by atoms with Gasteiger partial charge in [-0.3, -0.25) is 9.59 Å². The third-order valence-corrected chi connectivity index (χ3v) is 3.62. The normalized spacial score (nSPS) is 13.7. The Bertz CT molecular complexity index is 752. The largest absolute Gasteiger partial charge is 0.366 e. The number of carbonyl (C=O) groups is 1. The van der Waals surface area contributed by atoms with Gasteiger partial charge in [-0.2, -0.15) is 5.10 Å². The lowest BCUT2D eigenvalue weighted by atomic mass is 10.1. The van der Waals surface area contributed by atoms with Gasteiger partial charge in [-0.25, -0.2) is 4.68 Å². The Morgan fingerprint density at radius 1 is 1.38 bits per heavy atom. The van der Waals surface area contributed by atoms with Crippen molar-refractivity contribution in [3.63, 3.8) is 0 Å². The van der Waals surface area contributed by atoms with Crippen molar-refractivity contribution in [2.75, 3.05) is 6.54 Å². The fourth-order valence-corrected chi connectivity index (χ4v) is 2.53. The molecule has 3 N–H and O–H groups in total. The molecule has 108 valence electrons. The van der Waals surface area contributed by atoms with Crippen molar-refractivity contribution in [1.82, 2.24) is 15.1 Å². The maximum atomic E-state index is 12.1. The van der Waals surface area contributed by atoms with Crippen LogP contribution in [0.5, 0.6) is 0 Å². The minimum Gasteiger partial charge on any atom is -0.366 e. The first-order chi connectivity index (χ1) is 10.1. The number of hydrogen-bond acceptors (Lipinski definition) is 4. The van der Waals surface area contributed by atoms with Crippen molar-refractivity contribution in [1.29, 1.82) is 0 Å². The van der Waals surface area contributed by atoms with Gasteiger partial charge in [0.25, 0.3) is 5.56 Å². The second-order valence-electron chi connectivity index (χ2n) is 5.06. The van der Waals surface area contributed by atoms with Gasteiger partial charge in [0.05, 0.1) is 12.2 Å². The number of amides is 1. The summed E-state index contributed by atoms with van der Waals surface area (Å²) in [6.07, 6.45) is 0.799. The molecule has 0 unspecified atom stereocenters. The van der Waals surface area contributed by atoms with Gasteiger partial charge in [-0.05, 0) is 17.2 Å². The topological polar surface area (TPSA) is 90.0 Å². The number of aromatic nitrogens is 2. The second-order valence-corrected chi connectivity index (χ2v) is 5.06. The summed E-state index contributed by atoms with van der Waals surface area (Å²) >= 11 is 0. The lowest BCUT2D eigenvalue weighted by molar-refractivity contribution is 0.0999. The van der Waals surface area contributed by atoms with Crippen molar-refractivity contribution in [3.05, 3.63) is 63.1 Å². The summed E-state index contributed by atoms with van der Waals surface area (Å²) in [4.78, 5) is 23.6. The minimum absolute atomic E-state index is 0.170. The molecule has 1 aliphatic heterocycles. The number of carbonyl (C=O) groups excluding carboxylic acids is 1. The van der Waals surface area contributed by atoms with E-state index in [1.807, 2.05) is 6.07 Å². The van der Waals surface area contributed by atoms with E-state index in [4.69, 9.17) is 5.73 Å². The van der Waals surface area contributed by atoms with E-state index in [2.05, 4.69) is 10.4 Å². The van der Waals surface area contributed by atoms with E-state index in [0.717, 1.165) is 24.2 Å². The maximum absolute atomic E-state index is 12.1. The van der Waals surface area contributed by atoms with Crippen molar-refractivity contribution >= 4 is 5.91 Å². The summed E-state index contributed by atoms with van der Waals surface area (Å²) in [5, 5.41) is 7.63. The van der Waals surface area contributed by atoms with E-state index in [0.29, 0.717) is 17.7 Å². The summed E-state index contributed by atoms with van der Waals surface area (Å²) in [5.74, 6) is -0.499. The van der Waals surface area contributed by atoms with Crippen molar-refractivity contribution in [2.45, 2.75) is 19.5 Å². The van der Waals surface area contributed by atoms with Gasteiger partial charge in [0.2, 0.25) is 5.91 Å². The SMILES string of the molecule is NC(=O)c1ccccc1Cn1nc2c(cc1=O)CNCC2. The molecular formula is C15H16N4O2. The zero-order chi connectivity index (χ0) is 14.8. The Morgan fingerprint density at radius 2 is 2.19 bits per heavy atom. The van der Waals surface area contributed by atoms with E-state index >= 15 is 0 Å². The molecule has 3 rings (SSSR count). The molecule has 1 amide bonds. The lowest BCUT2D eigenvalue weighted by Crippen LogP contribution is -2.32. The summed E-state index contributed by atoms with van der Waals surface area (Å²) in [6, 6.07) is 8.62. The third-order valence-electron chi connectivity index (χ3n) is 3.62. The first-order valence-electron chi connectivity index (χ1n) is 6.83. The van der Waals surface area contributed by atoms with Gasteiger partial charge in [0, 0.05) is 31.1 Å². The smallest absolute Gasteiger partial charge is 0.267 e. The van der Waals surface area contributed by atoms with Crippen molar-refractivity contribution < 1.29 is 4.79 Å². The van der Waals surface area contributed by atoms with Crippen molar-refractivity contribution in [3.8, 4) is 0 Å². The number of nitrogens with one attached hydrogen (secondary N) is 1. The van der Waals surface area contributed by atoms with E-state index in [9.17, 15) is 9.59 Å². The molecular weight excluding hydrogens is 268 g/mol. The number of nitrogens with two attached hydrogens (primary N) is 1. The van der Waals surface area contributed by atoms with Crippen LogP contribution in [0.15, 0.2) is 35.1 Å². The van der Waals surface area contributed by atoms with Crippen LogP contribution in [0.4, 0.5) is 0 Å². The summed E-state index contributed by atoms with van der Waals surface area (Å²) in [7, 11) is 0. The van der Waals surface area contributed by atoms with E-state index in [1.54, 1.807) is 24.3 Å². The van der Waals surface area contributed by atoms with Crippen LogP contribution < -0.4 is 16.6 Å². The summed E-state index contributed by atoms with van der Waals surface area (Å²) < 4.78 is 1.39. The molecule has 2 aromatic rings. The predicted molar refractivity (Wildman–Crippen MR) is 78.0 cm³/mol. The fourth-order valence-electron chi connectivity index (χ4n) is 2.53. The highest BCUT2D eigenvalue weighted by Gasteiger charge is 2.14. The Hall–Kier alpha value is -2.47. The van der Waals surface area contributed by atoms with Gasteiger partial charge in [0.15, 0.2) is 0 Å². The third kappa shape index (κ3) is 2.71. The van der Waals surface area contributed by atoms with Crippen LogP contribution in [0.1, 0.15) is 27.2 Å². The number of nitrogens with zero attached hydrogens (tertiary/aromatic N) is 2. The molecule has 1 aromatic heterocycles. The highest BCUT2D eigenvalue weighted by molar-refractivity contribution is 5.94. The van der Waals surface area contributed by atoms with Gasteiger partial charge < -0.3 is 11.1 Å². The molecule has 0 bridgehead atoms. The van der Waals surface area contributed by atoms with Gasteiger partial charge >= 0.3 is 0 Å². The Morgan fingerprint density at radius 3 is 3.00 bits per heavy atom. The average Bonchev–Trinajstić information content (AvgIpc) is 2.48. The average molecular weight is 284 g/mol. The predicted octanol–water partition coefficient (Wildman–Crippen LogP) is 0.0362. The Balaban J connectivity index is 1.99. The van der Waals surface area contributed by atoms with E-state index in [1.165, 1.54) is 4.68 Å². The Labute approximate surface area is 121 Å². The van der Waals surface area contributed by atoms with Crippen LogP contribution in [0, 0.1) is 0 Å². The quantitative estimate of drug-likeness (QED) is 0.832. The van der Waals surface area contributed by atoms with Crippen LogP contribution in [0.25, 0.3) is 0 Å². The second kappa shape index (κ2) is 5.49. The molecule has 6 heteroatoms. The van der Waals surface area contributed by atoms with Gasteiger partial charge in [-0.1, -0.05) is 18.2 Å². The zero-order valence-corrected chi connectivity index (χ0v) is 11.5. The number of hydrogen-bond donors (Lipinski definition) is 2. The van der Waals surface area contributed by atoms with Gasteiger partial charge in [0.1, 0.15) is 0 Å². The number of primary amides is 1. The standard InChI is InChI=1S/C15H16N4O2/c16-15(21)12-4-2-1-3-10(12)9-19-14(20)7-11-8-17-6-5-13(11)18-19/h1-4,7,17H,5-6,8-9H2,(H2,16,21).